The molecular formula is C14H11N3OS. The lowest BCUT2D eigenvalue weighted by Crippen LogP contribution is -2.13. The Balaban J connectivity index is 1.86. The second-order valence-electron chi connectivity index (χ2n) is 4.10. The molecule has 3 aromatic rings. The minimum absolute atomic E-state index is 0.262. The minimum Gasteiger partial charge on any atom is -0.399 e. The first-order valence-corrected chi connectivity index (χ1v) is 6.60. The van der Waals surface area contributed by atoms with Gasteiger partial charge < -0.3 is 11.1 Å². The van der Waals surface area contributed by atoms with Crippen LogP contribution < -0.4 is 11.1 Å². The topological polar surface area (TPSA) is 68.0 Å². The van der Waals surface area contributed by atoms with Crippen molar-refractivity contribution in [2.75, 3.05) is 11.1 Å². The molecule has 0 saturated carbocycles. The molecule has 5 heteroatoms. The highest BCUT2D eigenvalue weighted by atomic mass is 32.1. The average molecular weight is 269 g/mol. The van der Waals surface area contributed by atoms with E-state index in [0.29, 0.717) is 11.4 Å². The molecule has 1 amide bonds. The Morgan fingerprint density at radius 1 is 1.21 bits per heavy atom. The number of fused-ring (bicyclic) bond motifs is 1. The first kappa shape index (κ1) is 11.7. The van der Waals surface area contributed by atoms with Gasteiger partial charge in [0, 0.05) is 22.3 Å². The Morgan fingerprint density at radius 2 is 2.11 bits per heavy atom. The maximum Gasteiger partial charge on any atom is 0.274 e. The summed E-state index contributed by atoms with van der Waals surface area (Å²) < 4.78 is 1.19. The Bertz CT molecular complexity index is 751. The molecule has 0 unspecified atom stereocenters. The number of nitrogens with two attached hydrogens (primary N) is 1. The number of aromatic nitrogens is 1. The van der Waals surface area contributed by atoms with Crippen molar-refractivity contribution < 1.29 is 4.79 Å². The zero-order valence-corrected chi connectivity index (χ0v) is 10.8. The lowest BCUT2D eigenvalue weighted by Gasteiger charge is -2.05. The van der Waals surface area contributed by atoms with E-state index in [1.54, 1.807) is 23.5 Å². The highest BCUT2D eigenvalue weighted by molar-refractivity contribution is 7.17. The normalized spacial score (nSPS) is 10.5. The number of thiophene rings is 1. The number of nitrogens with one attached hydrogen (secondary N) is 1. The van der Waals surface area contributed by atoms with Crippen LogP contribution in [-0.4, -0.2) is 10.9 Å². The van der Waals surface area contributed by atoms with Gasteiger partial charge in [-0.05, 0) is 47.2 Å². The lowest BCUT2D eigenvalue weighted by molar-refractivity contribution is 0.102. The number of carbonyl (C=O) groups is 1. The summed E-state index contributed by atoms with van der Waals surface area (Å²) in [6, 6.07) is 11.0. The second kappa shape index (κ2) is 4.70. The van der Waals surface area contributed by atoms with Crippen LogP contribution in [0.1, 0.15) is 10.5 Å². The molecule has 0 spiro atoms. The van der Waals surface area contributed by atoms with Crippen LogP contribution in [0.2, 0.25) is 0 Å². The summed E-state index contributed by atoms with van der Waals surface area (Å²) in [6.07, 6.45) is 1.52. The summed E-state index contributed by atoms with van der Waals surface area (Å²) in [5.41, 5.74) is 7.21. The highest BCUT2D eigenvalue weighted by Crippen LogP contribution is 2.24. The van der Waals surface area contributed by atoms with Gasteiger partial charge in [0.1, 0.15) is 5.69 Å². The number of hydrogen-bond acceptors (Lipinski definition) is 4. The van der Waals surface area contributed by atoms with Gasteiger partial charge in [0.05, 0.1) is 0 Å². The number of carbonyl (C=O) groups excluding carboxylic acids is 1. The summed E-state index contributed by atoms with van der Waals surface area (Å²) >= 11 is 1.67. The van der Waals surface area contributed by atoms with E-state index in [0.717, 1.165) is 11.1 Å². The summed E-state index contributed by atoms with van der Waals surface area (Å²) in [4.78, 5) is 16.0. The van der Waals surface area contributed by atoms with Gasteiger partial charge in [-0.15, -0.1) is 11.3 Å². The van der Waals surface area contributed by atoms with Gasteiger partial charge in [0.15, 0.2) is 0 Å². The van der Waals surface area contributed by atoms with E-state index >= 15 is 0 Å². The van der Waals surface area contributed by atoms with E-state index in [1.807, 2.05) is 29.6 Å². The summed E-state index contributed by atoms with van der Waals surface area (Å²) in [5.74, 6) is -0.262. The molecule has 4 nitrogen and oxygen atoms in total. The zero-order chi connectivity index (χ0) is 13.2. The third kappa shape index (κ3) is 2.41. The molecule has 19 heavy (non-hydrogen) atoms. The van der Waals surface area contributed by atoms with E-state index in [2.05, 4.69) is 10.3 Å². The summed E-state index contributed by atoms with van der Waals surface area (Å²) in [6.45, 7) is 0. The van der Waals surface area contributed by atoms with Crippen LogP contribution in [0.15, 0.2) is 48.0 Å². The first-order chi connectivity index (χ1) is 9.22. The van der Waals surface area contributed by atoms with Crippen molar-refractivity contribution in [3.05, 3.63) is 53.7 Å². The van der Waals surface area contributed by atoms with Crippen LogP contribution in [0.4, 0.5) is 11.4 Å². The molecule has 2 heterocycles. The maximum absolute atomic E-state index is 12.0. The molecule has 0 fully saturated rings. The monoisotopic (exact) mass is 269 g/mol. The molecule has 0 saturated heterocycles. The van der Waals surface area contributed by atoms with Crippen LogP contribution >= 0.6 is 11.3 Å². The Hall–Kier alpha value is -2.40. The third-order valence-electron chi connectivity index (χ3n) is 2.73. The molecule has 0 aliphatic carbocycles. The Labute approximate surface area is 113 Å². The largest absolute Gasteiger partial charge is 0.399 e. The van der Waals surface area contributed by atoms with Gasteiger partial charge in [0.2, 0.25) is 0 Å². The number of anilines is 2. The zero-order valence-electron chi connectivity index (χ0n) is 9.96. The highest BCUT2D eigenvalue weighted by Gasteiger charge is 2.08. The minimum atomic E-state index is -0.262. The molecule has 1 aromatic carbocycles. The fourth-order valence-corrected chi connectivity index (χ4v) is 2.58. The maximum atomic E-state index is 12.0. The van der Waals surface area contributed by atoms with Crippen molar-refractivity contribution in [2.45, 2.75) is 0 Å². The van der Waals surface area contributed by atoms with Gasteiger partial charge in [-0.2, -0.15) is 0 Å². The van der Waals surface area contributed by atoms with Gasteiger partial charge in [-0.1, -0.05) is 0 Å². The van der Waals surface area contributed by atoms with Gasteiger partial charge >= 0.3 is 0 Å². The number of rotatable bonds is 2. The first-order valence-electron chi connectivity index (χ1n) is 5.72. The van der Waals surface area contributed by atoms with E-state index in [9.17, 15) is 4.79 Å². The number of nitrogens with zero attached hydrogens (tertiary/aromatic N) is 1. The lowest BCUT2D eigenvalue weighted by atomic mass is 10.2. The van der Waals surface area contributed by atoms with Crippen molar-refractivity contribution in [3.63, 3.8) is 0 Å². The standard InChI is InChI=1S/C14H11N3OS/c15-10-3-5-16-12(8-10)14(18)17-11-1-2-13-9(7-11)4-6-19-13/h1-8H,(H2,15,16)(H,17,18). The number of nitrogen functional groups attached to an aromatic ring is 1. The van der Waals surface area contributed by atoms with E-state index < -0.39 is 0 Å². The Morgan fingerprint density at radius 3 is 2.95 bits per heavy atom. The number of hydrogen-bond donors (Lipinski definition) is 2. The molecule has 0 radical (unpaired) electrons. The number of pyridine rings is 1. The van der Waals surface area contributed by atoms with Gasteiger partial charge in [0.25, 0.3) is 5.91 Å². The van der Waals surface area contributed by atoms with Crippen molar-refractivity contribution >= 4 is 38.7 Å². The third-order valence-corrected chi connectivity index (χ3v) is 3.62. The quantitative estimate of drug-likeness (QED) is 0.751. The van der Waals surface area contributed by atoms with Crippen molar-refractivity contribution in [3.8, 4) is 0 Å². The number of amides is 1. The van der Waals surface area contributed by atoms with Gasteiger partial charge in [-0.3, -0.25) is 9.78 Å². The van der Waals surface area contributed by atoms with Crippen LogP contribution in [0.25, 0.3) is 10.1 Å². The Kier molecular flexibility index (Phi) is 2.89. The molecular weight excluding hydrogens is 258 g/mol. The summed E-state index contributed by atoms with van der Waals surface area (Å²) in [7, 11) is 0. The molecule has 0 atom stereocenters. The van der Waals surface area contributed by atoms with Crippen molar-refractivity contribution in [1.29, 1.82) is 0 Å². The number of benzene rings is 1. The van der Waals surface area contributed by atoms with Crippen LogP contribution in [0.3, 0.4) is 0 Å². The predicted molar refractivity (Wildman–Crippen MR) is 78.4 cm³/mol. The molecule has 0 aliphatic heterocycles. The fraction of sp³-hybridized carbons (Fsp3) is 0. The van der Waals surface area contributed by atoms with Crippen LogP contribution in [-0.2, 0) is 0 Å². The van der Waals surface area contributed by atoms with Crippen molar-refractivity contribution in [1.82, 2.24) is 4.98 Å². The molecule has 94 valence electrons. The fourth-order valence-electron chi connectivity index (χ4n) is 1.81. The molecule has 0 bridgehead atoms. The van der Waals surface area contributed by atoms with E-state index in [1.165, 1.54) is 10.9 Å². The second-order valence-corrected chi connectivity index (χ2v) is 5.05. The van der Waals surface area contributed by atoms with Crippen LogP contribution in [0.5, 0.6) is 0 Å². The van der Waals surface area contributed by atoms with E-state index in [-0.39, 0.29) is 5.91 Å². The van der Waals surface area contributed by atoms with Gasteiger partial charge in [-0.25, -0.2) is 0 Å². The molecule has 3 N–H and O–H groups in total. The molecule has 3 rings (SSSR count). The smallest absolute Gasteiger partial charge is 0.274 e. The van der Waals surface area contributed by atoms with E-state index in [4.69, 9.17) is 5.73 Å². The molecule has 0 aliphatic rings. The SMILES string of the molecule is Nc1ccnc(C(=O)Nc2ccc3sccc3c2)c1. The van der Waals surface area contributed by atoms with Crippen LogP contribution in [0, 0.1) is 0 Å². The summed E-state index contributed by atoms with van der Waals surface area (Å²) in [5, 5.41) is 5.95. The average Bonchev–Trinajstić information content (AvgIpc) is 2.86. The molecule has 2 aromatic heterocycles. The van der Waals surface area contributed by atoms with Crippen molar-refractivity contribution in [2.24, 2.45) is 0 Å². The predicted octanol–water partition coefficient (Wildman–Crippen LogP) is 3.13.